The van der Waals surface area contributed by atoms with Crippen molar-refractivity contribution in [2.24, 2.45) is 0 Å². The topological polar surface area (TPSA) is 49.9 Å². The molecule has 3 rings (SSSR count). The minimum atomic E-state index is -0.171. The number of rotatable bonds is 3. The van der Waals surface area contributed by atoms with Crippen molar-refractivity contribution in [3.8, 4) is 5.75 Å². The first-order chi connectivity index (χ1) is 12.4. The lowest BCUT2D eigenvalue weighted by Crippen LogP contribution is -2.57. The number of anilines is 1. The molecule has 1 aliphatic heterocycles. The molecular weight excluding hydrogens is 328 g/mol. The summed E-state index contributed by atoms with van der Waals surface area (Å²) >= 11 is 0. The van der Waals surface area contributed by atoms with Gasteiger partial charge in [0.1, 0.15) is 12.3 Å². The summed E-state index contributed by atoms with van der Waals surface area (Å²) in [6, 6.07) is 13.2. The molecule has 0 saturated carbocycles. The van der Waals surface area contributed by atoms with Gasteiger partial charge in [-0.2, -0.15) is 0 Å². The van der Waals surface area contributed by atoms with E-state index in [2.05, 4.69) is 0 Å². The Balaban J connectivity index is 1.86. The van der Waals surface area contributed by atoms with Gasteiger partial charge in [-0.3, -0.25) is 9.59 Å². The van der Waals surface area contributed by atoms with Gasteiger partial charge in [0.2, 0.25) is 5.91 Å². The minimum absolute atomic E-state index is 0.0609. The number of nitrogens with zero attached hydrogens (tertiary/aromatic N) is 2. The highest BCUT2D eigenvalue weighted by molar-refractivity contribution is 6.03. The molecule has 5 nitrogen and oxygen atoms in total. The Morgan fingerprint density at radius 1 is 1.15 bits per heavy atom. The Hall–Kier alpha value is -2.82. The van der Waals surface area contributed by atoms with Gasteiger partial charge in [0, 0.05) is 18.3 Å². The molecule has 2 aromatic carbocycles. The lowest BCUT2D eigenvalue weighted by atomic mass is 10.1. The number of methoxy groups -OCH3 is 1. The quantitative estimate of drug-likeness (QED) is 0.852. The molecule has 136 valence electrons. The Morgan fingerprint density at radius 2 is 1.88 bits per heavy atom. The van der Waals surface area contributed by atoms with E-state index in [-0.39, 0.29) is 24.4 Å². The monoisotopic (exact) mass is 352 g/mol. The fourth-order valence-corrected chi connectivity index (χ4v) is 3.37. The van der Waals surface area contributed by atoms with Crippen molar-refractivity contribution in [1.82, 2.24) is 4.90 Å². The largest absolute Gasteiger partial charge is 0.496 e. The van der Waals surface area contributed by atoms with Gasteiger partial charge >= 0.3 is 0 Å². The van der Waals surface area contributed by atoms with E-state index >= 15 is 0 Å². The number of hydrogen-bond donors (Lipinski definition) is 0. The summed E-state index contributed by atoms with van der Waals surface area (Å²) in [5.74, 6) is 0.287. The average molecular weight is 352 g/mol. The third-order valence-electron chi connectivity index (χ3n) is 4.84. The molecule has 5 heteroatoms. The Morgan fingerprint density at radius 3 is 2.58 bits per heavy atom. The summed E-state index contributed by atoms with van der Waals surface area (Å²) in [4.78, 5) is 29.2. The Bertz CT molecular complexity index is 847. The molecule has 2 amide bonds. The van der Waals surface area contributed by atoms with E-state index < -0.39 is 0 Å². The minimum Gasteiger partial charge on any atom is -0.496 e. The SMILES string of the molecule is COc1ccc(C)cc1C(=O)N1CC(=O)N(c2ccccc2C)CC1C. The van der Waals surface area contributed by atoms with Crippen LogP contribution in [-0.2, 0) is 4.79 Å². The number of hydrogen-bond acceptors (Lipinski definition) is 3. The highest BCUT2D eigenvalue weighted by Crippen LogP contribution is 2.27. The van der Waals surface area contributed by atoms with E-state index in [9.17, 15) is 9.59 Å². The van der Waals surface area contributed by atoms with Crippen LogP contribution in [0.1, 0.15) is 28.4 Å². The summed E-state index contributed by atoms with van der Waals surface area (Å²) in [5, 5.41) is 0. The van der Waals surface area contributed by atoms with Crippen LogP contribution in [0.3, 0.4) is 0 Å². The molecule has 2 aromatic rings. The molecule has 0 aliphatic carbocycles. The number of ether oxygens (including phenoxy) is 1. The van der Waals surface area contributed by atoms with Crippen molar-refractivity contribution in [2.45, 2.75) is 26.8 Å². The van der Waals surface area contributed by atoms with E-state index in [1.807, 2.05) is 57.2 Å². The average Bonchev–Trinajstić information content (AvgIpc) is 2.63. The van der Waals surface area contributed by atoms with Gasteiger partial charge in [-0.25, -0.2) is 0 Å². The van der Waals surface area contributed by atoms with Crippen LogP contribution >= 0.6 is 0 Å². The molecule has 1 unspecified atom stereocenters. The third-order valence-corrected chi connectivity index (χ3v) is 4.84. The molecule has 1 fully saturated rings. The summed E-state index contributed by atoms with van der Waals surface area (Å²) in [6.45, 7) is 6.43. The number of amides is 2. The molecule has 0 N–H and O–H groups in total. The second-order valence-electron chi connectivity index (χ2n) is 6.78. The zero-order valence-electron chi connectivity index (χ0n) is 15.7. The third kappa shape index (κ3) is 3.29. The maximum Gasteiger partial charge on any atom is 0.258 e. The van der Waals surface area contributed by atoms with Gasteiger partial charge in [-0.1, -0.05) is 29.8 Å². The van der Waals surface area contributed by atoms with Crippen LogP contribution in [0.2, 0.25) is 0 Å². The summed E-state index contributed by atoms with van der Waals surface area (Å²) in [6.07, 6.45) is 0. The van der Waals surface area contributed by atoms with Gasteiger partial charge in [0.05, 0.1) is 12.7 Å². The molecule has 26 heavy (non-hydrogen) atoms. The second kappa shape index (κ2) is 7.20. The van der Waals surface area contributed by atoms with E-state index in [4.69, 9.17) is 4.74 Å². The predicted molar refractivity (Wildman–Crippen MR) is 102 cm³/mol. The van der Waals surface area contributed by atoms with E-state index in [1.54, 1.807) is 23.0 Å². The number of aryl methyl sites for hydroxylation is 2. The fourth-order valence-electron chi connectivity index (χ4n) is 3.37. The van der Waals surface area contributed by atoms with Crippen molar-refractivity contribution in [2.75, 3.05) is 25.1 Å². The van der Waals surface area contributed by atoms with Crippen molar-refractivity contribution in [1.29, 1.82) is 0 Å². The number of para-hydroxylation sites is 1. The maximum absolute atomic E-state index is 13.1. The molecule has 1 saturated heterocycles. The van der Waals surface area contributed by atoms with E-state index in [0.717, 1.165) is 16.8 Å². The summed E-state index contributed by atoms with van der Waals surface area (Å²) in [7, 11) is 1.55. The lowest BCUT2D eigenvalue weighted by molar-refractivity contribution is -0.121. The van der Waals surface area contributed by atoms with Gasteiger partial charge in [-0.05, 0) is 44.5 Å². The number of piperazine rings is 1. The van der Waals surface area contributed by atoms with Crippen LogP contribution in [0, 0.1) is 13.8 Å². The first-order valence-corrected chi connectivity index (χ1v) is 8.74. The number of benzene rings is 2. The number of carbonyl (C=O) groups is 2. The highest BCUT2D eigenvalue weighted by atomic mass is 16.5. The normalized spacial score (nSPS) is 17.4. The van der Waals surface area contributed by atoms with Crippen LogP contribution in [0.5, 0.6) is 5.75 Å². The molecule has 0 aromatic heterocycles. The van der Waals surface area contributed by atoms with Crippen molar-refractivity contribution in [3.05, 3.63) is 59.2 Å². The van der Waals surface area contributed by atoms with Crippen LogP contribution in [0.4, 0.5) is 5.69 Å². The van der Waals surface area contributed by atoms with E-state index in [0.29, 0.717) is 17.9 Å². The van der Waals surface area contributed by atoms with Gasteiger partial charge in [0.25, 0.3) is 5.91 Å². The first-order valence-electron chi connectivity index (χ1n) is 8.74. The summed E-state index contributed by atoms with van der Waals surface area (Å²) in [5.41, 5.74) is 3.43. The van der Waals surface area contributed by atoms with Crippen molar-refractivity contribution >= 4 is 17.5 Å². The standard InChI is InChI=1S/C21H24N2O3/c1-14-9-10-19(26-4)17(11-14)21(25)22-13-20(24)23(12-16(22)3)18-8-6-5-7-15(18)2/h5-11,16H,12-13H2,1-4H3. The molecule has 0 radical (unpaired) electrons. The molecular formula is C21H24N2O3. The Labute approximate surface area is 154 Å². The van der Waals surface area contributed by atoms with E-state index in [1.165, 1.54) is 0 Å². The highest BCUT2D eigenvalue weighted by Gasteiger charge is 2.35. The zero-order valence-corrected chi connectivity index (χ0v) is 15.7. The smallest absolute Gasteiger partial charge is 0.258 e. The Kier molecular flexibility index (Phi) is 4.98. The van der Waals surface area contributed by atoms with Gasteiger partial charge < -0.3 is 14.5 Å². The van der Waals surface area contributed by atoms with Crippen LogP contribution in [0.15, 0.2) is 42.5 Å². The van der Waals surface area contributed by atoms with Crippen LogP contribution < -0.4 is 9.64 Å². The molecule has 0 spiro atoms. The number of carbonyl (C=O) groups excluding carboxylic acids is 2. The zero-order chi connectivity index (χ0) is 18.8. The molecule has 1 aliphatic rings. The maximum atomic E-state index is 13.1. The van der Waals surface area contributed by atoms with Crippen LogP contribution in [-0.4, -0.2) is 43.0 Å². The van der Waals surface area contributed by atoms with Gasteiger partial charge in [-0.15, -0.1) is 0 Å². The lowest BCUT2D eigenvalue weighted by Gasteiger charge is -2.40. The fraction of sp³-hybridized carbons (Fsp3) is 0.333. The van der Waals surface area contributed by atoms with Crippen molar-refractivity contribution in [3.63, 3.8) is 0 Å². The second-order valence-corrected chi connectivity index (χ2v) is 6.78. The summed E-state index contributed by atoms with van der Waals surface area (Å²) < 4.78 is 5.34. The first kappa shape index (κ1) is 18.0. The molecule has 1 heterocycles. The molecule has 1 atom stereocenters. The van der Waals surface area contributed by atoms with Crippen molar-refractivity contribution < 1.29 is 14.3 Å². The van der Waals surface area contributed by atoms with Crippen LogP contribution in [0.25, 0.3) is 0 Å². The predicted octanol–water partition coefficient (Wildman–Crippen LogP) is 3.19. The molecule has 0 bridgehead atoms. The van der Waals surface area contributed by atoms with Gasteiger partial charge in [0.15, 0.2) is 0 Å².